The molecule has 2 aromatic rings. The van der Waals surface area contributed by atoms with Gasteiger partial charge in [0, 0.05) is 28.0 Å². The Morgan fingerprint density at radius 3 is 2.84 bits per heavy atom. The summed E-state index contributed by atoms with van der Waals surface area (Å²) in [5.74, 6) is 0. The van der Waals surface area contributed by atoms with Crippen molar-refractivity contribution in [2.75, 3.05) is 6.54 Å². The number of hydrogen-bond donors (Lipinski definition) is 1. The Kier molecular flexibility index (Phi) is 5.39. The predicted molar refractivity (Wildman–Crippen MR) is 86.1 cm³/mol. The second-order valence-electron chi connectivity index (χ2n) is 4.37. The lowest BCUT2D eigenvalue weighted by atomic mass is 10.0. The van der Waals surface area contributed by atoms with Crippen LogP contribution >= 0.6 is 38.9 Å². The van der Waals surface area contributed by atoms with Gasteiger partial charge in [-0.05, 0) is 47.1 Å². The Balaban J connectivity index is 2.21. The maximum Gasteiger partial charge on any atom is 0.0947 e. The summed E-state index contributed by atoms with van der Waals surface area (Å²) in [5.41, 5.74) is 2.32. The topological polar surface area (TPSA) is 24.9 Å². The fourth-order valence-corrected chi connectivity index (χ4v) is 3.29. The van der Waals surface area contributed by atoms with Crippen LogP contribution in [-0.2, 0) is 6.42 Å². The fourth-order valence-electron chi connectivity index (χ4n) is 1.95. The second kappa shape index (κ2) is 6.84. The minimum atomic E-state index is 0.268. The van der Waals surface area contributed by atoms with Gasteiger partial charge in [-0.3, -0.25) is 0 Å². The van der Waals surface area contributed by atoms with Gasteiger partial charge < -0.3 is 5.32 Å². The molecular weight excluding hydrogens is 344 g/mol. The molecule has 1 N–H and O–H groups in total. The van der Waals surface area contributed by atoms with E-state index in [1.54, 1.807) is 11.3 Å². The molecule has 1 atom stereocenters. The highest BCUT2D eigenvalue weighted by molar-refractivity contribution is 9.10. The van der Waals surface area contributed by atoms with E-state index in [9.17, 15) is 0 Å². The highest BCUT2D eigenvalue weighted by atomic mass is 79.9. The summed E-state index contributed by atoms with van der Waals surface area (Å²) in [6.45, 7) is 5.07. The molecule has 19 heavy (non-hydrogen) atoms. The van der Waals surface area contributed by atoms with Crippen molar-refractivity contribution in [2.24, 2.45) is 0 Å². The van der Waals surface area contributed by atoms with E-state index in [-0.39, 0.29) is 6.04 Å². The van der Waals surface area contributed by atoms with E-state index in [1.807, 2.05) is 13.0 Å². The Morgan fingerprint density at radius 1 is 1.47 bits per heavy atom. The van der Waals surface area contributed by atoms with Gasteiger partial charge in [-0.2, -0.15) is 0 Å². The molecule has 1 aromatic heterocycles. The number of aryl methyl sites for hydroxylation is 1. The summed E-state index contributed by atoms with van der Waals surface area (Å²) < 4.78 is 0.935. The molecular formula is C14H16BrClN2S. The van der Waals surface area contributed by atoms with Crippen LogP contribution in [0.25, 0.3) is 0 Å². The maximum atomic E-state index is 6.05. The smallest absolute Gasteiger partial charge is 0.0947 e. The normalized spacial score (nSPS) is 12.6. The van der Waals surface area contributed by atoms with Crippen molar-refractivity contribution in [1.29, 1.82) is 0 Å². The number of nitrogens with zero attached hydrogens (tertiary/aromatic N) is 1. The van der Waals surface area contributed by atoms with E-state index in [0.717, 1.165) is 33.2 Å². The Morgan fingerprint density at radius 2 is 2.26 bits per heavy atom. The first-order chi connectivity index (χ1) is 9.10. The van der Waals surface area contributed by atoms with Gasteiger partial charge in [0.2, 0.25) is 0 Å². The molecule has 0 aliphatic rings. The van der Waals surface area contributed by atoms with Gasteiger partial charge in [0.15, 0.2) is 0 Å². The van der Waals surface area contributed by atoms with Crippen LogP contribution in [0.1, 0.15) is 29.2 Å². The predicted octanol–water partition coefficient (Wildman–Crippen LogP) is 4.76. The first kappa shape index (κ1) is 15.0. The monoisotopic (exact) mass is 358 g/mol. The zero-order chi connectivity index (χ0) is 13.8. The lowest BCUT2D eigenvalue weighted by Crippen LogP contribution is -2.23. The lowest BCUT2D eigenvalue weighted by Gasteiger charge is -2.17. The quantitative estimate of drug-likeness (QED) is 0.832. The molecule has 102 valence electrons. The minimum absolute atomic E-state index is 0.268. The molecule has 1 aromatic carbocycles. The van der Waals surface area contributed by atoms with Crippen LogP contribution in [0.15, 0.2) is 28.1 Å². The average molecular weight is 360 g/mol. The van der Waals surface area contributed by atoms with Gasteiger partial charge in [-0.1, -0.05) is 24.6 Å². The number of aromatic nitrogens is 1. The Hall–Kier alpha value is -0.420. The second-order valence-corrected chi connectivity index (χ2v) is 6.57. The number of rotatable bonds is 5. The molecule has 0 spiro atoms. The van der Waals surface area contributed by atoms with E-state index in [4.69, 9.17) is 11.6 Å². The molecule has 1 unspecified atom stereocenters. The standard InChI is InChI=1S/C14H16BrClN2S/c1-3-17-13(7-14-18-9(2)8-19-14)10-4-5-12(16)11(15)6-10/h4-6,8,13,17H,3,7H2,1-2H3. The third kappa shape index (κ3) is 4.02. The largest absolute Gasteiger partial charge is 0.310 e. The summed E-state index contributed by atoms with van der Waals surface area (Å²) in [4.78, 5) is 4.54. The van der Waals surface area contributed by atoms with Crippen molar-refractivity contribution < 1.29 is 0 Å². The number of benzene rings is 1. The molecule has 0 aliphatic carbocycles. The fraction of sp³-hybridized carbons (Fsp3) is 0.357. The molecule has 0 amide bonds. The zero-order valence-corrected chi connectivity index (χ0v) is 14.1. The molecule has 0 saturated heterocycles. The van der Waals surface area contributed by atoms with Crippen molar-refractivity contribution in [3.8, 4) is 0 Å². The van der Waals surface area contributed by atoms with Crippen molar-refractivity contribution in [3.05, 3.63) is 49.3 Å². The molecule has 0 saturated carbocycles. The van der Waals surface area contributed by atoms with Crippen LogP contribution < -0.4 is 5.32 Å². The van der Waals surface area contributed by atoms with Gasteiger partial charge in [-0.25, -0.2) is 4.98 Å². The summed E-state index contributed by atoms with van der Waals surface area (Å²) in [7, 11) is 0. The van der Waals surface area contributed by atoms with Crippen molar-refractivity contribution >= 4 is 38.9 Å². The highest BCUT2D eigenvalue weighted by Gasteiger charge is 2.14. The van der Waals surface area contributed by atoms with E-state index in [1.165, 1.54) is 5.56 Å². The molecule has 1 heterocycles. The van der Waals surface area contributed by atoms with Crippen LogP contribution in [0.5, 0.6) is 0 Å². The molecule has 0 aliphatic heterocycles. The maximum absolute atomic E-state index is 6.05. The molecule has 0 radical (unpaired) electrons. The van der Waals surface area contributed by atoms with E-state index < -0.39 is 0 Å². The van der Waals surface area contributed by atoms with Crippen molar-refractivity contribution in [1.82, 2.24) is 10.3 Å². The first-order valence-corrected chi connectivity index (χ1v) is 8.24. The molecule has 2 rings (SSSR count). The van der Waals surface area contributed by atoms with Gasteiger partial charge in [0.05, 0.1) is 10.0 Å². The van der Waals surface area contributed by atoms with Gasteiger partial charge in [0.25, 0.3) is 0 Å². The highest BCUT2D eigenvalue weighted by Crippen LogP contribution is 2.28. The van der Waals surface area contributed by atoms with E-state index in [0.29, 0.717) is 0 Å². The van der Waals surface area contributed by atoms with Gasteiger partial charge >= 0.3 is 0 Å². The summed E-state index contributed by atoms with van der Waals surface area (Å²) >= 11 is 11.2. The SMILES string of the molecule is CCNC(Cc1nc(C)cs1)c1ccc(Cl)c(Br)c1. The zero-order valence-electron chi connectivity index (χ0n) is 10.9. The summed E-state index contributed by atoms with van der Waals surface area (Å²) in [6, 6.07) is 6.35. The number of hydrogen-bond acceptors (Lipinski definition) is 3. The molecule has 0 bridgehead atoms. The van der Waals surface area contributed by atoms with Crippen LogP contribution in [0, 0.1) is 6.92 Å². The molecule has 5 heteroatoms. The third-order valence-electron chi connectivity index (χ3n) is 2.84. The minimum Gasteiger partial charge on any atom is -0.310 e. The molecule has 0 fully saturated rings. The van der Waals surface area contributed by atoms with Crippen LogP contribution in [-0.4, -0.2) is 11.5 Å². The first-order valence-electron chi connectivity index (χ1n) is 6.19. The Bertz CT molecular complexity index is 556. The van der Waals surface area contributed by atoms with Crippen LogP contribution in [0.2, 0.25) is 5.02 Å². The number of likely N-dealkylation sites (N-methyl/N-ethyl adjacent to an activating group) is 1. The van der Waals surface area contributed by atoms with Crippen molar-refractivity contribution in [3.63, 3.8) is 0 Å². The van der Waals surface area contributed by atoms with E-state index >= 15 is 0 Å². The van der Waals surface area contributed by atoms with Crippen LogP contribution in [0.3, 0.4) is 0 Å². The van der Waals surface area contributed by atoms with Crippen LogP contribution in [0.4, 0.5) is 0 Å². The molecule has 2 nitrogen and oxygen atoms in total. The van der Waals surface area contributed by atoms with Gasteiger partial charge in [0.1, 0.15) is 0 Å². The summed E-state index contributed by atoms with van der Waals surface area (Å²) in [6.07, 6.45) is 0.903. The number of thiazole rings is 1. The third-order valence-corrected chi connectivity index (χ3v) is 5.04. The van der Waals surface area contributed by atoms with Crippen molar-refractivity contribution in [2.45, 2.75) is 26.3 Å². The number of halogens is 2. The van der Waals surface area contributed by atoms with Gasteiger partial charge in [-0.15, -0.1) is 11.3 Å². The summed E-state index contributed by atoms with van der Waals surface area (Å²) in [5, 5.41) is 7.50. The van der Waals surface area contributed by atoms with E-state index in [2.05, 4.69) is 50.7 Å². The average Bonchev–Trinajstić information content (AvgIpc) is 2.78. The lowest BCUT2D eigenvalue weighted by molar-refractivity contribution is 0.548. The number of nitrogens with one attached hydrogen (secondary N) is 1. The Labute approximate surface area is 131 Å².